The molecule has 0 unspecified atom stereocenters. The van der Waals surface area contributed by atoms with E-state index in [1.807, 2.05) is 25.1 Å². The van der Waals surface area contributed by atoms with E-state index in [0.29, 0.717) is 28.5 Å². The summed E-state index contributed by atoms with van der Waals surface area (Å²) < 4.78 is 6.14. The first-order chi connectivity index (χ1) is 19.9. The number of rotatable bonds is 6. The van der Waals surface area contributed by atoms with E-state index in [1.54, 1.807) is 12.1 Å². The van der Waals surface area contributed by atoms with Crippen molar-refractivity contribution in [2.24, 2.45) is 5.41 Å². The molecule has 0 bridgehead atoms. The van der Waals surface area contributed by atoms with Crippen LogP contribution in [0.25, 0.3) is 0 Å². The van der Waals surface area contributed by atoms with Gasteiger partial charge in [-0.25, -0.2) is 0 Å². The van der Waals surface area contributed by atoms with Crippen molar-refractivity contribution in [3.8, 4) is 11.8 Å². The Bertz CT molecular complexity index is 1290. The highest BCUT2D eigenvalue weighted by Gasteiger charge is 2.46. The number of benzene rings is 1. The first kappa shape index (κ1) is 27.6. The summed E-state index contributed by atoms with van der Waals surface area (Å²) in [6, 6.07) is 12.2. The van der Waals surface area contributed by atoms with Gasteiger partial charge in [0.1, 0.15) is 11.5 Å². The van der Waals surface area contributed by atoms with Gasteiger partial charge in [-0.05, 0) is 94.2 Å². The summed E-state index contributed by atoms with van der Waals surface area (Å²) in [7, 11) is 0. The second-order valence-electron chi connectivity index (χ2n) is 12.6. The summed E-state index contributed by atoms with van der Waals surface area (Å²) in [5.74, 6) is 1.88. The van der Waals surface area contributed by atoms with Crippen LogP contribution in [0.5, 0.6) is 5.75 Å². The van der Waals surface area contributed by atoms with Gasteiger partial charge in [-0.2, -0.15) is 5.26 Å². The van der Waals surface area contributed by atoms with Crippen LogP contribution in [-0.4, -0.2) is 71.2 Å². The van der Waals surface area contributed by atoms with Crippen molar-refractivity contribution in [3.63, 3.8) is 0 Å². The Hall–Kier alpha value is -3.51. The van der Waals surface area contributed by atoms with Gasteiger partial charge in [-0.1, -0.05) is 0 Å². The topological polar surface area (TPSA) is 111 Å². The lowest BCUT2D eigenvalue weighted by atomic mass is 9.67. The number of likely N-dealkylation sites (tertiary alicyclic amines) is 1. The first-order valence-electron chi connectivity index (χ1n) is 15.2. The Kier molecular flexibility index (Phi) is 7.94. The number of anilines is 1. The lowest BCUT2D eigenvalue weighted by Gasteiger charge is -2.55. The van der Waals surface area contributed by atoms with Gasteiger partial charge in [-0.15, -0.1) is 10.2 Å². The number of ketones is 1. The zero-order valence-electron chi connectivity index (χ0n) is 24.0. The van der Waals surface area contributed by atoms with E-state index in [0.717, 1.165) is 81.8 Å². The molecule has 2 saturated heterocycles. The van der Waals surface area contributed by atoms with E-state index in [-0.39, 0.29) is 18.1 Å². The number of carbonyl (C=O) groups excluding carboxylic acids is 2. The summed E-state index contributed by atoms with van der Waals surface area (Å²) in [6.07, 6.45) is 9.88. The van der Waals surface area contributed by atoms with Gasteiger partial charge in [-0.3, -0.25) is 14.5 Å². The molecular weight excluding hydrogens is 516 g/mol. The predicted octanol–water partition coefficient (Wildman–Crippen LogP) is 4.19. The predicted molar refractivity (Wildman–Crippen MR) is 155 cm³/mol. The Morgan fingerprint density at radius 3 is 2.39 bits per heavy atom. The molecule has 1 amide bonds. The van der Waals surface area contributed by atoms with Crippen LogP contribution >= 0.6 is 0 Å². The zero-order valence-corrected chi connectivity index (χ0v) is 24.0. The molecule has 2 aromatic rings. The van der Waals surface area contributed by atoms with E-state index in [9.17, 15) is 9.59 Å². The van der Waals surface area contributed by atoms with Crippen LogP contribution < -0.4 is 15.0 Å². The standard InChI is InChI=1S/C32H40N6O3/c1-22-18-28(5-2-23(22)19-33)41-27-6-3-24(4-7-27)34-31(40)29-8-9-30(36-35-29)38-20-32(21-38)14-10-25(11-15-32)37-16-12-26(39)13-17-37/h2,5,8-9,18,24-25,27H,3-4,6-7,10-17,20-21H2,1H3,(H,34,40). The van der Waals surface area contributed by atoms with Gasteiger partial charge in [0.25, 0.3) is 5.91 Å². The Labute approximate surface area is 242 Å². The lowest BCUT2D eigenvalue weighted by molar-refractivity contribution is -0.122. The largest absolute Gasteiger partial charge is 0.490 e. The fourth-order valence-electron chi connectivity index (χ4n) is 7.19. The molecule has 1 N–H and O–H groups in total. The summed E-state index contributed by atoms with van der Waals surface area (Å²) >= 11 is 0. The SMILES string of the molecule is Cc1cc(OC2CCC(NC(=O)c3ccc(N4CC5(CCC(N6CCC(=O)CC6)CC5)C4)nn3)CC2)ccc1C#N. The van der Waals surface area contributed by atoms with Gasteiger partial charge >= 0.3 is 0 Å². The molecule has 3 heterocycles. The van der Waals surface area contributed by atoms with Crippen molar-refractivity contribution in [1.29, 1.82) is 5.26 Å². The molecule has 2 aliphatic carbocycles. The number of nitrogens with zero attached hydrogens (tertiary/aromatic N) is 5. The van der Waals surface area contributed by atoms with Crippen LogP contribution in [0.2, 0.25) is 0 Å². The van der Waals surface area contributed by atoms with E-state index in [2.05, 4.69) is 31.4 Å². The van der Waals surface area contributed by atoms with Crippen LogP contribution in [0.15, 0.2) is 30.3 Å². The van der Waals surface area contributed by atoms with Crippen LogP contribution in [0.4, 0.5) is 5.82 Å². The third-order valence-electron chi connectivity index (χ3n) is 9.78. The molecular formula is C32H40N6O3. The lowest BCUT2D eigenvalue weighted by Crippen LogP contribution is -2.59. The molecule has 1 spiro atoms. The molecule has 1 aromatic carbocycles. The van der Waals surface area contributed by atoms with E-state index in [1.165, 1.54) is 25.7 Å². The second kappa shape index (κ2) is 11.8. The van der Waals surface area contributed by atoms with E-state index < -0.39 is 0 Å². The minimum atomic E-state index is -0.172. The van der Waals surface area contributed by atoms with Crippen molar-refractivity contribution in [2.75, 3.05) is 31.1 Å². The normalized spacial score (nSPS) is 24.9. The number of aromatic nitrogens is 2. The maximum atomic E-state index is 12.9. The van der Waals surface area contributed by atoms with Crippen molar-refractivity contribution in [2.45, 2.75) is 89.3 Å². The molecule has 0 radical (unpaired) electrons. The minimum absolute atomic E-state index is 0.0994. The molecule has 6 rings (SSSR count). The van der Waals surface area contributed by atoms with Gasteiger partial charge in [0.2, 0.25) is 0 Å². The molecule has 216 valence electrons. The maximum Gasteiger partial charge on any atom is 0.272 e. The Morgan fingerprint density at radius 2 is 1.76 bits per heavy atom. The number of amides is 1. The number of nitriles is 1. The summed E-state index contributed by atoms with van der Waals surface area (Å²) in [6.45, 7) is 5.81. The fourth-order valence-corrected chi connectivity index (χ4v) is 7.19. The van der Waals surface area contributed by atoms with Gasteiger partial charge < -0.3 is 15.0 Å². The monoisotopic (exact) mass is 556 g/mol. The summed E-state index contributed by atoms with van der Waals surface area (Å²) in [5, 5.41) is 20.9. The molecule has 41 heavy (non-hydrogen) atoms. The third-order valence-corrected chi connectivity index (χ3v) is 9.78. The second-order valence-corrected chi connectivity index (χ2v) is 12.6. The molecule has 2 aliphatic heterocycles. The number of carbonyl (C=O) groups is 2. The average Bonchev–Trinajstić information content (AvgIpc) is 2.98. The van der Waals surface area contributed by atoms with Crippen molar-refractivity contribution >= 4 is 17.5 Å². The first-order valence-corrected chi connectivity index (χ1v) is 15.2. The molecule has 0 atom stereocenters. The van der Waals surface area contributed by atoms with Crippen molar-refractivity contribution in [3.05, 3.63) is 47.2 Å². The van der Waals surface area contributed by atoms with Crippen LogP contribution in [-0.2, 0) is 4.79 Å². The van der Waals surface area contributed by atoms with E-state index in [4.69, 9.17) is 10.00 Å². The van der Waals surface area contributed by atoms with Gasteiger partial charge in [0, 0.05) is 56.5 Å². The highest BCUT2D eigenvalue weighted by Crippen LogP contribution is 2.46. The number of ether oxygens (including phenoxy) is 1. The number of nitrogens with one attached hydrogen (secondary N) is 1. The molecule has 4 fully saturated rings. The van der Waals surface area contributed by atoms with E-state index >= 15 is 0 Å². The molecule has 9 heteroatoms. The summed E-state index contributed by atoms with van der Waals surface area (Å²) in [4.78, 5) is 29.3. The molecule has 9 nitrogen and oxygen atoms in total. The highest BCUT2D eigenvalue weighted by atomic mass is 16.5. The average molecular weight is 557 g/mol. The number of Topliss-reactive ketones (excluding diaryl/α,β-unsaturated/α-hetero) is 1. The zero-order chi connectivity index (χ0) is 28.4. The van der Waals surface area contributed by atoms with Crippen molar-refractivity contribution < 1.29 is 14.3 Å². The molecule has 2 saturated carbocycles. The Morgan fingerprint density at radius 1 is 1.02 bits per heavy atom. The minimum Gasteiger partial charge on any atom is -0.490 e. The number of hydrogen-bond acceptors (Lipinski definition) is 8. The van der Waals surface area contributed by atoms with Crippen LogP contribution in [0.1, 0.15) is 85.8 Å². The van der Waals surface area contributed by atoms with Crippen LogP contribution in [0.3, 0.4) is 0 Å². The van der Waals surface area contributed by atoms with Gasteiger partial charge in [0.15, 0.2) is 11.5 Å². The molecule has 4 aliphatic rings. The number of aryl methyl sites for hydroxylation is 1. The molecule has 1 aromatic heterocycles. The number of piperidine rings is 1. The van der Waals surface area contributed by atoms with Crippen LogP contribution in [0, 0.1) is 23.7 Å². The quantitative estimate of drug-likeness (QED) is 0.564. The maximum absolute atomic E-state index is 12.9. The van der Waals surface area contributed by atoms with Gasteiger partial charge in [0.05, 0.1) is 17.7 Å². The third kappa shape index (κ3) is 6.23. The Balaban J connectivity index is 0.925. The highest BCUT2D eigenvalue weighted by molar-refractivity contribution is 5.92. The smallest absolute Gasteiger partial charge is 0.272 e. The summed E-state index contributed by atoms with van der Waals surface area (Å²) in [5.41, 5.74) is 2.32. The fraction of sp³-hybridized carbons (Fsp3) is 0.594. The van der Waals surface area contributed by atoms with Crippen molar-refractivity contribution in [1.82, 2.24) is 20.4 Å². The number of hydrogen-bond donors (Lipinski definition) is 1.